The third-order valence-corrected chi connectivity index (χ3v) is 3.39. The molecule has 0 fully saturated rings. The van der Waals surface area contributed by atoms with Crippen molar-refractivity contribution in [2.24, 2.45) is 0 Å². The number of hydrogen-bond donors (Lipinski definition) is 3. The third kappa shape index (κ3) is 3.55. The minimum absolute atomic E-state index is 0.0248. The second-order valence-electron chi connectivity index (χ2n) is 5.07. The van der Waals surface area contributed by atoms with E-state index in [1.165, 1.54) is 38.3 Å². The second kappa shape index (κ2) is 6.87. The van der Waals surface area contributed by atoms with E-state index in [0.29, 0.717) is 5.56 Å². The Kier molecular flexibility index (Phi) is 4.89. The highest BCUT2D eigenvalue weighted by atomic mass is 16.5. The van der Waals surface area contributed by atoms with Gasteiger partial charge >= 0.3 is 0 Å². The van der Waals surface area contributed by atoms with Crippen molar-refractivity contribution >= 4 is 17.6 Å². The van der Waals surface area contributed by atoms with Crippen LogP contribution in [0, 0.1) is 0 Å². The zero-order valence-corrected chi connectivity index (χ0v) is 13.1. The summed E-state index contributed by atoms with van der Waals surface area (Å²) >= 11 is 0. The SMILES string of the molecule is COc1cc(C=CC(=O)c2cc(C(C)=O)c(O)cc2O)ccc1O. The summed E-state index contributed by atoms with van der Waals surface area (Å²) in [6.45, 7) is 1.25. The largest absolute Gasteiger partial charge is 0.507 e. The molecule has 0 saturated heterocycles. The maximum absolute atomic E-state index is 12.2. The summed E-state index contributed by atoms with van der Waals surface area (Å²) in [5.74, 6) is -1.53. The summed E-state index contributed by atoms with van der Waals surface area (Å²) in [5, 5.41) is 28.9. The summed E-state index contributed by atoms with van der Waals surface area (Å²) in [6, 6.07) is 6.66. The predicted molar refractivity (Wildman–Crippen MR) is 87.8 cm³/mol. The van der Waals surface area contributed by atoms with Crippen LogP contribution in [0.3, 0.4) is 0 Å². The molecule has 0 atom stereocenters. The number of benzene rings is 2. The first-order valence-electron chi connectivity index (χ1n) is 6.99. The summed E-state index contributed by atoms with van der Waals surface area (Å²) in [6.07, 6.45) is 2.69. The molecule has 2 rings (SSSR count). The van der Waals surface area contributed by atoms with Gasteiger partial charge in [0, 0.05) is 6.07 Å². The van der Waals surface area contributed by atoms with Crippen LogP contribution in [0.1, 0.15) is 33.2 Å². The van der Waals surface area contributed by atoms with Crippen molar-refractivity contribution < 1.29 is 29.6 Å². The fourth-order valence-corrected chi connectivity index (χ4v) is 2.12. The van der Waals surface area contributed by atoms with Crippen LogP contribution < -0.4 is 4.74 Å². The molecule has 24 heavy (non-hydrogen) atoms. The minimum atomic E-state index is -0.540. The molecule has 6 nitrogen and oxygen atoms in total. The number of ketones is 2. The van der Waals surface area contributed by atoms with Gasteiger partial charge in [-0.25, -0.2) is 0 Å². The van der Waals surface area contributed by atoms with Gasteiger partial charge in [0.15, 0.2) is 23.1 Å². The standard InChI is InChI=1S/C18H16O6/c1-10(19)12-8-13(17(23)9-16(12)22)14(20)5-3-11-4-6-15(21)18(7-11)24-2/h3-9,21-23H,1-2H3. The van der Waals surface area contributed by atoms with Crippen molar-refractivity contribution in [3.8, 4) is 23.0 Å². The highest BCUT2D eigenvalue weighted by Crippen LogP contribution is 2.29. The highest BCUT2D eigenvalue weighted by Gasteiger charge is 2.15. The minimum Gasteiger partial charge on any atom is -0.507 e. The molecule has 0 bridgehead atoms. The third-order valence-electron chi connectivity index (χ3n) is 3.39. The summed E-state index contributed by atoms with van der Waals surface area (Å²) < 4.78 is 4.98. The average Bonchev–Trinajstić information content (AvgIpc) is 2.53. The Morgan fingerprint density at radius 3 is 2.25 bits per heavy atom. The van der Waals surface area contributed by atoms with Crippen LogP contribution in [0.5, 0.6) is 23.0 Å². The van der Waals surface area contributed by atoms with Gasteiger partial charge in [-0.3, -0.25) is 9.59 Å². The van der Waals surface area contributed by atoms with E-state index in [1.54, 1.807) is 6.07 Å². The van der Waals surface area contributed by atoms with E-state index >= 15 is 0 Å². The molecule has 124 valence electrons. The number of phenols is 3. The van der Waals surface area contributed by atoms with Gasteiger partial charge in [0.1, 0.15) is 11.5 Å². The van der Waals surface area contributed by atoms with Crippen LogP contribution >= 0.6 is 0 Å². The number of carbonyl (C=O) groups is 2. The lowest BCUT2D eigenvalue weighted by atomic mass is 10.0. The summed E-state index contributed by atoms with van der Waals surface area (Å²) in [4.78, 5) is 23.7. The molecule has 0 aliphatic heterocycles. The van der Waals surface area contributed by atoms with E-state index in [9.17, 15) is 24.9 Å². The number of phenolic OH excluding ortho intramolecular Hbond substituents is 3. The van der Waals surface area contributed by atoms with Crippen molar-refractivity contribution in [1.82, 2.24) is 0 Å². The maximum Gasteiger partial charge on any atom is 0.189 e. The molecular weight excluding hydrogens is 312 g/mol. The monoisotopic (exact) mass is 328 g/mol. The van der Waals surface area contributed by atoms with Gasteiger partial charge in [0.25, 0.3) is 0 Å². The first-order valence-corrected chi connectivity index (χ1v) is 6.99. The van der Waals surface area contributed by atoms with E-state index in [4.69, 9.17) is 4.74 Å². The Bertz CT molecular complexity index is 836. The predicted octanol–water partition coefficient (Wildman–Crippen LogP) is 2.91. The van der Waals surface area contributed by atoms with E-state index < -0.39 is 17.3 Å². The normalized spacial score (nSPS) is 10.8. The van der Waals surface area contributed by atoms with Gasteiger partial charge in [-0.2, -0.15) is 0 Å². The maximum atomic E-state index is 12.2. The molecule has 2 aromatic rings. The van der Waals surface area contributed by atoms with Gasteiger partial charge in [-0.1, -0.05) is 12.1 Å². The molecule has 0 saturated carbocycles. The topological polar surface area (TPSA) is 104 Å². The molecule has 0 spiro atoms. The van der Waals surface area contributed by atoms with Crippen LogP contribution in [0.15, 0.2) is 36.4 Å². The smallest absolute Gasteiger partial charge is 0.189 e. The lowest BCUT2D eigenvalue weighted by Crippen LogP contribution is -2.00. The molecular formula is C18H16O6. The molecule has 6 heteroatoms. The van der Waals surface area contributed by atoms with Gasteiger partial charge in [0.2, 0.25) is 0 Å². The number of ether oxygens (including phenoxy) is 1. The number of hydrogen-bond acceptors (Lipinski definition) is 6. The number of carbonyl (C=O) groups excluding carboxylic acids is 2. The Labute approximate surface area is 138 Å². The quantitative estimate of drug-likeness (QED) is 0.576. The lowest BCUT2D eigenvalue weighted by molar-refractivity contribution is 0.101. The summed E-state index contributed by atoms with van der Waals surface area (Å²) in [5.41, 5.74) is 0.457. The van der Waals surface area contributed by atoms with Gasteiger partial charge in [0.05, 0.1) is 18.2 Å². The zero-order valence-electron chi connectivity index (χ0n) is 13.1. The van der Waals surface area contributed by atoms with E-state index in [0.717, 1.165) is 12.1 Å². The molecule has 0 aliphatic carbocycles. The fraction of sp³-hybridized carbons (Fsp3) is 0.111. The highest BCUT2D eigenvalue weighted by molar-refractivity contribution is 6.10. The van der Waals surface area contributed by atoms with Gasteiger partial charge < -0.3 is 20.1 Å². The van der Waals surface area contributed by atoms with Crippen LogP contribution in [-0.2, 0) is 0 Å². The van der Waals surface area contributed by atoms with E-state index in [2.05, 4.69) is 0 Å². The molecule has 0 heterocycles. The van der Waals surface area contributed by atoms with Gasteiger partial charge in [-0.15, -0.1) is 0 Å². The number of methoxy groups -OCH3 is 1. The van der Waals surface area contributed by atoms with Crippen molar-refractivity contribution in [2.45, 2.75) is 6.92 Å². The van der Waals surface area contributed by atoms with Crippen molar-refractivity contribution in [1.29, 1.82) is 0 Å². The lowest BCUT2D eigenvalue weighted by Gasteiger charge is -2.06. The van der Waals surface area contributed by atoms with Crippen LogP contribution in [0.2, 0.25) is 0 Å². The Morgan fingerprint density at radius 1 is 0.958 bits per heavy atom. The average molecular weight is 328 g/mol. The zero-order chi connectivity index (χ0) is 17.9. The second-order valence-corrected chi connectivity index (χ2v) is 5.07. The summed E-state index contributed by atoms with van der Waals surface area (Å²) in [7, 11) is 1.41. The molecule has 0 aromatic heterocycles. The molecule has 3 N–H and O–H groups in total. The molecule has 2 aromatic carbocycles. The number of allylic oxidation sites excluding steroid dienone is 1. The number of Topliss-reactive ketones (excluding diaryl/α,β-unsaturated/α-hetero) is 1. The van der Waals surface area contributed by atoms with Crippen LogP contribution in [0.25, 0.3) is 6.08 Å². The Morgan fingerprint density at radius 2 is 1.62 bits per heavy atom. The number of rotatable bonds is 5. The molecule has 0 unspecified atom stereocenters. The fourth-order valence-electron chi connectivity index (χ4n) is 2.12. The Balaban J connectivity index is 2.33. The van der Waals surface area contributed by atoms with Crippen molar-refractivity contribution in [2.75, 3.05) is 7.11 Å². The van der Waals surface area contributed by atoms with Crippen LogP contribution in [0.4, 0.5) is 0 Å². The molecule has 0 radical (unpaired) electrons. The van der Waals surface area contributed by atoms with E-state index in [-0.39, 0.29) is 28.4 Å². The Hall–Kier alpha value is -3.28. The van der Waals surface area contributed by atoms with E-state index in [1.807, 2.05) is 0 Å². The van der Waals surface area contributed by atoms with Gasteiger partial charge in [-0.05, 0) is 36.8 Å². The molecule has 0 amide bonds. The van der Waals surface area contributed by atoms with Crippen molar-refractivity contribution in [3.63, 3.8) is 0 Å². The molecule has 0 aliphatic rings. The number of aromatic hydroxyl groups is 3. The van der Waals surface area contributed by atoms with Crippen LogP contribution in [-0.4, -0.2) is 34.0 Å². The van der Waals surface area contributed by atoms with Crippen molar-refractivity contribution in [3.05, 3.63) is 53.1 Å². The first kappa shape index (κ1) is 17.1. The first-order chi connectivity index (χ1) is 11.3.